The first-order chi connectivity index (χ1) is 6.99. The van der Waals surface area contributed by atoms with Gasteiger partial charge in [-0.15, -0.1) is 0 Å². The molecule has 1 aromatic heterocycles. The maximum absolute atomic E-state index is 12.4. The van der Waals surface area contributed by atoms with E-state index in [9.17, 15) is 13.6 Å². The minimum atomic E-state index is -2.87. The molecule has 0 atom stereocenters. The van der Waals surface area contributed by atoms with E-state index in [0.29, 0.717) is 6.20 Å². The highest BCUT2D eigenvalue weighted by molar-refractivity contribution is 9.10. The maximum atomic E-state index is 12.4. The van der Waals surface area contributed by atoms with Gasteiger partial charge in [-0.2, -0.15) is 5.26 Å². The van der Waals surface area contributed by atoms with Crippen molar-refractivity contribution in [3.05, 3.63) is 27.5 Å². The summed E-state index contributed by atoms with van der Waals surface area (Å²) in [6.45, 7) is 0. The van der Waals surface area contributed by atoms with Crippen LogP contribution in [-0.4, -0.2) is 16.1 Å². The lowest BCUT2D eigenvalue weighted by Gasteiger charge is -2.05. The topological polar surface area (TPSA) is 74.0 Å². The zero-order chi connectivity index (χ0) is 11.6. The molecular formula is C8H3BrF2N2O2. The molecule has 15 heavy (non-hydrogen) atoms. The molecule has 0 aromatic carbocycles. The van der Waals surface area contributed by atoms with Gasteiger partial charge in [0.1, 0.15) is 6.07 Å². The fraction of sp³-hybridized carbons (Fsp3) is 0.125. The number of nitriles is 1. The number of pyridine rings is 1. The van der Waals surface area contributed by atoms with Crippen LogP contribution in [0.4, 0.5) is 8.78 Å². The van der Waals surface area contributed by atoms with Crippen LogP contribution in [-0.2, 0) is 0 Å². The predicted octanol–water partition coefficient (Wildman–Crippen LogP) is 2.35. The molecule has 78 valence electrons. The van der Waals surface area contributed by atoms with E-state index in [1.165, 1.54) is 6.07 Å². The SMILES string of the molecule is N#Cc1c(C(F)F)cnc(C(=O)O)c1Br. The van der Waals surface area contributed by atoms with Gasteiger partial charge in [-0.1, -0.05) is 0 Å². The lowest BCUT2D eigenvalue weighted by Crippen LogP contribution is -2.05. The maximum Gasteiger partial charge on any atom is 0.355 e. The number of hydrogen-bond acceptors (Lipinski definition) is 3. The van der Waals surface area contributed by atoms with Gasteiger partial charge < -0.3 is 5.11 Å². The molecule has 0 spiro atoms. The minimum Gasteiger partial charge on any atom is -0.476 e. The number of hydrogen-bond donors (Lipinski definition) is 1. The molecule has 0 aliphatic heterocycles. The molecular weight excluding hydrogens is 274 g/mol. The largest absolute Gasteiger partial charge is 0.476 e. The van der Waals surface area contributed by atoms with E-state index in [-0.39, 0.29) is 4.47 Å². The third kappa shape index (κ3) is 2.10. The van der Waals surface area contributed by atoms with Crippen LogP contribution in [0.3, 0.4) is 0 Å². The summed E-state index contributed by atoms with van der Waals surface area (Å²) in [5.74, 6) is -1.39. The Labute approximate surface area is 91.3 Å². The molecule has 1 rings (SSSR count). The van der Waals surface area contributed by atoms with Crippen LogP contribution >= 0.6 is 15.9 Å². The Hall–Kier alpha value is -1.55. The smallest absolute Gasteiger partial charge is 0.355 e. The summed E-state index contributed by atoms with van der Waals surface area (Å²) < 4.78 is 24.5. The van der Waals surface area contributed by atoms with Crippen molar-refractivity contribution >= 4 is 21.9 Å². The van der Waals surface area contributed by atoms with Gasteiger partial charge in [-0.05, 0) is 15.9 Å². The molecule has 0 bridgehead atoms. The molecule has 0 radical (unpaired) electrons. The Bertz CT molecular complexity index is 457. The molecule has 4 nitrogen and oxygen atoms in total. The normalized spacial score (nSPS) is 10.1. The molecule has 0 amide bonds. The van der Waals surface area contributed by atoms with Crippen molar-refractivity contribution in [3.8, 4) is 6.07 Å². The number of aromatic carboxylic acids is 1. The fourth-order valence-electron chi connectivity index (χ4n) is 0.929. The Balaban J connectivity index is 3.48. The summed E-state index contributed by atoms with van der Waals surface area (Å²) in [6.07, 6.45) is -2.18. The Morgan fingerprint density at radius 3 is 2.67 bits per heavy atom. The van der Waals surface area contributed by atoms with E-state index < -0.39 is 29.2 Å². The molecule has 0 fully saturated rings. The monoisotopic (exact) mass is 276 g/mol. The number of alkyl halides is 2. The number of carboxylic acids is 1. The molecule has 0 unspecified atom stereocenters. The highest BCUT2D eigenvalue weighted by Gasteiger charge is 2.21. The van der Waals surface area contributed by atoms with E-state index in [0.717, 1.165) is 0 Å². The quantitative estimate of drug-likeness (QED) is 0.900. The second kappa shape index (κ2) is 4.31. The van der Waals surface area contributed by atoms with Crippen LogP contribution in [0.25, 0.3) is 0 Å². The summed E-state index contributed by atoms with van der Waals surface area (Å²) in [4.78, 5) is 13.9. The lowest BCUT2D eigenvalue weighted by atomic mass is 10.1. The van der Waals surface area contributed by atoms with Crippen molar-refractivity contribution in [1.82, 2.24) is 4.98 Å². The number of carboxylic acid groups (broad SMARTS) is 1. The van der Waals surface area contributed by atoms with Gasteiger partial charge in [0.25, 0.3) is 6.43 Å². The van der Waals surface area contributed by atoms with Crippen molar-refractivity contribution in [1.29, 1.82) is 5.26 Å². The van der Waals surface area contributed by atoms with Gasteiger partial charge in [-0.25, -0.2) is 18.6 Å². The summed E-state index contributed by atoms with van der Waals surface area (Å²) in [7, 11) is 0. The van der Waals surface area contributed by atoms with Gasteiger partial charge in [0.05, 0.1) is 15.6 Å². The van der Waals surface area contributed by atoms with Crippen LogP contribution in [0.5, 0.6) is 0 Å². The number of aromatic nitrogens is 1. The molecule has 0 aliphatic carbocycles. The van der Waals surface area contributed by atoms with Crippen molar-refractivity contribution in [2.24, 2.45) is 0 Å². The van der Waals surface area contributed by atoms with Crippen LogP contribution < -0.4 is 0 Å². The second-order valence-corrected chi connectivity index (χ2v) is 3.26. The van der Waals surface area contributed by atoms with Crippen LogP contribution in [0, 0.1) is 11.3 Å². The van der Waals surface area contributed by atoms with Gasteiger partial charge >= 0.3 is 5.97 Å². The van der Waals surface area contributed by atoms with E-state index >= 15 is 0 Å². The summed E-state index contributed by atoms with van der Waals surface area (Å²) >= 11 is 2.76. The molecule has 0 aliphatic rings. The van der Waals surface area contributed by atoms with E-state index in [2.05, 4.69) is 20.9 Å². The van der Waals surface area contributed by atoms with Crippen molar-refractivity contribution in [3.63, 3.8) is 0 Å². The molecule has 1 N–H and O–H groups in total. The zero-order valence-corrected chi connectivity index (χ0v) is 8.62. The Morgan fingerprint density at radius 2 is 2.27 bits per heavy atom. The highest BCUT2D eigenvalue weighted by Crippen LogP contribution is 2.29. The molecule has 0 saturated carbocycles. The fourth-order valence-corrected chi connectivity index (χ4v) is 1.52. The van der Waals surface area contributed by atoms with Crippen LogP contribution in [0.1, 0.15) is 28.0 Å². The first-order valence-corrected chi connectivity index (χ1v) is 4.38. The van der Waals surface area contributed by atoms with Gasteiger partial charge in [0.2, 0.25) is 0 Å². The number of carbonyl (C=O) groups is 1. The molecule has 0 saturated heterocycles. The summed E-state index contributed by atoms with van der Waals surface area (Å²) in [5.41, 5.74) is -1.46. The average molecular weight is 277 g/mol. The van der Waals surface area contributed by atoms with Crippen molar-refractivity contribution < 1.29 is 18.7 Å². The third-order valence-electron chi connectivity index (χ3n) is 1.60. The second-order valence-electron chi connectivity index (χ2n) is 2.47. The number of halogens is 3. The Kier molecular flexibility index (Phi) is 3.31. The number of rotatable bonds is 2. The van der Waals surface area contributed by atoms with Crippen LogP contribution in [0.15, 0.2) is 10.7 Å². The predicted molar refractivity (Wildman–Crippen MR) is 48.6 cm³/mol. The van der Waals surface area contributed by atoms with Crippen molar-refractivity contribution in [2.45, 2.75) is 6.43 Å². The molecule has 7 heteroatoms. The molecule has 1 heterocycles. The Morgan fingerprint density at radius 1 is 1.67 bits per heavy atom. The average Bonchev–Trinajstić information content (AvgIpc) is 2.16. The van der Waals surface area contributed by atoms with E-state index in [4.69, 9.17) is 10.4 Å². The van der Waals surface area contributed by atoms with Gasteiger partial charge in [-0.3, -0.25) is 0 Å². The third-order valence-corrected chi connectivity index (χ3v) is 2.37. The minimum absolute atomic E-state index is 0.227. The summed E-state index contributed by atoms with van der Waals surface area (Å²) in [6, 6.07) is 1.51. The first-order valence-electron chi connectivity index (χ1n) is 3.59. The van der Waals surface area contributed by atoms with Crippen molar-refractivity contribution in [2.75, 3.05) is 0 Å². The van der Waals surface area contributed by atoms with Crippen LogP contribution in [0.2, 0.25) is 0 Å². The number of nitrogens with zero attached hydrogens (tertiary/aromatic N) is 2. The van der Waals surface area contributed by atoms with E-state index in [1.54, 1.807) is 0 Å². The highest BCUT2D eigenvalue weighted by atomic mass is 79.9. The lowest BCUT2D eigenvalue weighted by molar-refractivity contribution is 0.0688. The zero-order valence-electron chi connectivity index (χ0n) is 7.04. The van der Waals surface area contributed by atoms with Gasteiger partial charge in [0, 0.05) is 6.20 Å². The summed E-state index contributed by atoms with van der Waals surface area (Å²) in [5, 5.41) is 17.2. The van der Waals surface area contributed by atoms with E-state index in [1.807, 2.05) is 0 Å². The standard InChI is InChI=1S/C8H3BrF2N2O2/c9-5-3(1-12)4(7(10)11)2-13-6(5)8(14)15/h2,7H,(H,14,15). The van der Waals surface area contributed by atoms with Gasteiger partial charge in [0.15, 0.2) is 5.69 Å². The first kappa shape index (κ1) is 11.5. The molecule has 1 aromatic rings.